The van der Waals surface area contributed by atoms with Gasteiger partial charge in [-0.1, -0.05) is 19.9 Å². The van der Waals surface area contributed by atoms with Crippen molar-refractivity contribution >= 4 is 21.9 Å². The van der Waals surface area contributed by atoms with Crippen LogP contribution in [-0.4, -0.2) is 15.0 Å². The topological polar surface area (TPSA) is 44.5 Å². The van der Waals surface area contributed by atoms with E-state index in [1.165, 1.54) is 33.0 Å². The molecule has 3 heterocycles. The number of nitrogens with one attached hydrogen (secondary N) is 2. The standard InChI is InChI=1S/C19H19N3/c1-3-12-7-15-9-18(22-19(15)21-10-12)14-5-6-17-16(8-14)13(4-2)11-20-17/h5-11,20H,3-4H2,1-2H3,(H,21,22). The molecular weight excluding hydrogens is 270 g/mol. The van der Waals surface area contributed by atoms with Gasteiger partial charge in [-0.15, -0.1) is 0 Å². The molecule has 0 aliphatic rings. The molecule has 0 atom stereocenters. The highest BCUT2D eigenvalue weighted by molar-refractivity contribution is 5.90. The van der Waals surface area contributed by atoms with Crippen molar-refractivity contribution in [2.45, 2.75) is 26.7 Å². The maximum Gasteiger partial charge on any atom is 0.137 e. The van der Waals surface area contributed by atoms with E-state index in [4.69, 9.17) is 0 Å². The van der Waals surface area contributed by atoms with Crippen LogP contribution in [0.4, 0.5) is 0 Å². The van der Waals surface area contributed by atoms with Gasteiger partial charge in [-0.3, -0.25) is 0 Å². The second-order valence-corrected chi connectivity index (χ2v) is 5.75. The van der Waals surface area contributed by atoms with Gasteiger partial charge in [0, 0.05) is 34.4 Å². The van der Waals surface area contributed by atoms with Gasteiger partial charge in [0.1, 0.15) is 5.65 Å². The van der Waals surface area contributed by atoms with Gasteiger partial charge < -0.3 is 9.97 Å². The van der Waals surface area contributed by atoms with Gasteiger partial charge in [0.25, 0.3) is 0 Å². The average Bonchev–Trinajstić information content (AvgIpc) is 3.16. The van der Waals surface area contributed by atoms with Crippen molar-refractivity contribution in [1.29, 1.82) is 0 Å². The maximum absolute atomic E-state index is 4.52. The normalized spacial score (nSPS) is 11.5. The van der Waals surface area contributed by atoms with Crippen molar-refractivity contribution in [2.24, 2.45) is 0 Å². The van der Waals surface area contributed by atoms with Crippen LogP contribution in [-0.2, 0) is 12.8 Å². The summed E-state index contributed by atoms with van der Waals surface area (Å²) in [5.74, 6) is 0. The molecular formula is C19H19N3. The number of H-pyrrole nitrogens is 2. The van der Waals surface area contributed by atoms with E-state index in [-0.39, 0.29) is 0 Å². The number of benzene rings is 1. The molecule has 0 amide bonds. The Balaban J connectivity index is 1.86. The molecule has 3 nitrogen and oxygen atoms in total. The van der Waals surface area contributed by atoms with Gasteiger partial charge in [0.15, 0.2) is 0 Å². The Kier molecular flexibility index (Phi) is 3.00. The Morgan fingerprint density at radius 3 is 2.77 bits per heavy atom. The predicted octanol–water partition coefficient (Wildman–Crippen LogP) is 4.84. The lowest BCUT2D eigenvalue weighted by atomic mass is 10.1. The Labute approximate surface area is 129 Å². The fourth-order valence-corrected chi connectivity index (χ4v) is 3.05. The highest BCUT2D eigenvalue weighted by atomic mass is 14.9. The van der Waals surface area contributed by atoms with E-state index in [1.54, 1.807) is 0 Å². The Bertz CT molecular complexity index is 959. The first kappa shape index (κ1) is 13.1. The summed E-state index contributed by atoms with van der Waals surface area (Å²) in [5.41, 5.74) is 7.12. The zero-order valence-corrected chi connectivity index (χ0v) is 12.9. The summed E-state index contributed by atoms with van der Waals surface area (Å²) in [4.78, 5) is 11.3. The summed E-state index contributed by atoms with van der Waals surface area (Å²) in [6.07, 6.45) is 6.11. The number of rotatable bonds is 3. The molecule has 0 fully saturated rings. The molecule has 110 valence electrons. The molecule has 1 aromatic carbocycles. The number of aryl methyl sites for hydroxylation is 2. The largest absolute Gasteiger partial charge is 0.361 e. The minimum atomic E-state index is 0.956. The van der Waals surface area contributed by atoms with Crippen molar-refractivity contribution < 1.29 is 0 Å². The molecule has 0 radical (unpaired) electrons. The second kappa shape index (κ2) is 5.02. The molecule has 0 bridgehead atoms. The lowest BCUT2D eigenvalue weighted by Gasteiger charge is -2.00. The molecule has 22 heavy (non-hydrogen) atoms. The van der Waals surface area contributed by atoms with Crippen LogP contribution in [0.15, 0.2) is 42.7 Å². The third-order valence-electron chi connectivity index (χ3n) is 4.39. The van der Waals surface area contributed by atoms with Crippen LogP contribution in [0.3, 0.4) is 0 Å². The number of aromatic nitrogens is 3. The van der Waals surface area contributed by atoms with Crippen LogP contribution in [0.2, 0.25) is 0 Å². The summed E-state index contributed by atoms with van der Waals surface area (Å²) in [6, 6.07) is 11.0. The van der Waals surface area contributed by atoms with Crippen LogP contribution >= 0.6 is 0 Å². The molecule has 3 heteroatoms. The summed E-state index contributed by atoms with van der Waals surface area (Å²) < 4.78 is 0. The summed E-state index contributed by atoms with van der Waals surface area (Å²) in [5, 5.41) is 2.49. The minimum absolute atomic E-state index is 0.956. The van der Waals surface area contributed by atoms with Crippen molar-refractivity contribution in [2.75, 3.05) is 0 Å². The smallest absolute Gasteiger partial charge is 0.137 e. The zero-order valence-electron chi connectivity index (χ0n) is 12.9. The van der Waals surface area contributed by atoms with Gasteiger partial charge in [-0.05, 0) is 53.8 Å². The highest BCUT2D eigenvalue weighted by Crippen LogP contribution is 2.28. The predicted molar refractivity (Wildman–Crippen MR) is 92.1 cm³/mol. The fourth-order valence-electron chi connectivity index (χ4n) is 3.05. The van der Waals surface area contributed by atoms with Crippen LogP contribution in [0, 0.1) is 0 Å². The van der Waals surface area contributed by atoms with E-state index in [9.17, 15) is 0 Å². The van der Waals surface area contributed by atoms with Crippen LogP contribution < -0.4 is 0 Å². The van der Waals surface area contributed by atoms with Crippen LogP contribution in [0.25, 0.3) is 33.2 Å². The Hall–Kier alpha value is -2.55. The van der Waals surface area contributed by atoms with Gasteiger partial charge >= 0.3 is 0 Å². The lowest BCUT2D eigenvalue weighted by molar-refractivity contribution is 1.12. The van der Waals surface area contributed by atoms with Crippen molar-refractivity contribution in [3.05, 3.63) is 53.9 Å². The molecule has 3 aromatic heterocycles. The number of fused-ring (bicyclic) bond motifs is 2. The molecule has 0 unspecified atom stereocenters. The molecule has 0 aliphatic heterocycles. The molecule has 0 spiro atoms. The molecule has 4 aromatic rings. The Morgan fingerprint density at radius 2 is 1.95 bits per heavy atom. The molecule has 4 rings (SSSR count). The van der Waals surface area contributed by atoms with Crippen molar-refractivity contribution in [3.63, 3.8) is 0 Å². The van der Waals surface area contributed by atoms with E-state index in [0.717, 1.165) is 24.2 Å². The monoisotopic (exact) mass is 289 g/mol. The average molecular weight is 289 g/mol. The highest BCUT2D eigenvalue weighted by Gasteiger charge is 2.08. The van der Waals surface area contributed by atoms with Crippen LogP contribution in [0.1, 0.15) is 25.0 Å². The SMILES string of the molecule is CCc1cnc2[nH]c(-c3ccc4[nH]cc(CC)c4c3)cc2c1. The Morgan fingerprint density at radius 1 is 1.05 bits per heavy atom. The van der Waals surface area contributed by atoms with E-state index in [1.807, 2.05) is 6.20 Å². The van der Waals surface area contributed by atoms with E-state index in [2.05, 4.69) is 65.3 Å². The van der Waals surface area contributed by atoms with E-state index >= 15 is 0 Å². The maximum atomic E-state index is 4.52. The van der Waals surface area contributed by atoms with Gasteiger partial charge in [-0.2, -0.15) is 0 Å². The van der Waals surface area contributed by atoms with Crippen molar-refractivity contribution in [3.8, 4) is 11.3 Å². The van der Waals surface area contributed by atoms with Crippen LogP contribution in [0.5, 0.6) is 0 Å². The first-order valence-corrected chi connectivity index (χ1v) is 7.86. The van der Waals surface area contributed by atoms with Gasteiger partial charge in [0.05, 0.1) is 0 Å². The number of hydrogen-bond acceptors (Lipinski definition) is 1. The fraction of sp³-hybridized carbons (Fsp3) is 0.211. The molecule has 0 saturated heterocycles. The second-order valence-electron chi connectivity index (χ2n) is 5.75. The first-order valence-electron chi connectivity index (χ1n) is 7.86. The molecule has 0 aliphatic carbocycles. The summed E-state index contributed by atoms with van der Waals surface area (Å²) in [7, 11) is 0. The number of pyridine rings is 1. The van der Waals surface area contributed by atoms with Gasteiger partial charge in [0.2, 0.25) is 0 Å². The molecule has 0 saturated carbocycles. The van der Waals surface area contributed by atoms with E-state index < -0.39 is 0 Å². The third-order valence-corrected chi connectivity index (χ3v) is 4.39. The number of nitrogens with zero attached hydrogens (tertiary/aromatic N) is 1. The first-order chi connectivity index (χ1) is 10.8. The lowest BCUT2D eigenvalue weighted by Crippen LogP contribution is -1.82. The third kappa shape index (κ3) is 2.01. The molecule has 2 N–H and O–H groups in total. The van der Waals surface area contributed by atoms with Crippen molar-refractivity contribution in [1.82, 2.24) is 15.0 Å². The quantitative estimate of drug-likeness (QED) is 0.557. The van der Waals surface area contributed by atoms with E-state index in [0.29, 0.717) is 0 Å². The summed E-state index contributed by atoms with van der Waals surface area (Å²) >= 11 is 0. The minimum Gasteiger partial charge on any atom is -0.361 e. The zero-order chi connectivity index (χ0) is 15.1. The number of hydrogen-bond donors (Lipinski definition) is 2. The van der Waals surface area contributed by atoms with Gasteiger partial charge in [-0.25, -0.2) is 4.98 Å². The number of aromatic amines is 2. The summed E-state index contributed by atoms with van der Waals surface area (Å²) in [6.45, 7) is 4.34.